The summed E-state index contributed by atoms with van der Waals surface area (Å²) in [6.45, 7) is 11.4. The summed E-state index contributed by atoms with van der Waals surface area (Å²) in [6.07, 6.45) is 0. The quantitative estimate of drug-likeness (QED) is 0.888. The van der Waals surface area contributed by atoms with Gasteiger partial charge in [0.05, 0.1) is 4.34 Å². The molecule has 1 atom stereocenters. The highest BCUT2D eigenvalue weighted by Gasteiger charge is 2.33. The van der Waals surface area contributed by atoms with Crippen LogP contribution in [0.1, 0.15) is 31.7 Å². The standard InChI is InChI=1S/C13H21ClN2S/c1-13(2,3)12(10-4-5-11(14)17-10)16-8-6-15-7-9-16/h4-5,12,15H,6-9H2,1-3H3/t12-/m0/s1. The van der Waals surface area contributed by atoms with Crippen LogP contribution in [0.2, 0.25) is 4.34 Å². The molecule has 1 aliphatic rings. The zero-order chi connectivity index (χ0) is 12.5. The second kappa shape index (κ2) is 5.27. The number of thiophene rings is 1. The molecule has 1 N–H and O–H groups in total. The lowest BCUT2D eigenvalue weighted by molar-refractivity contribution is 0.0888. The van der Waals surface area contributed by atoms with Gasteiger partial charge in [-0.2, -0.15) is 0 Å². The number of halogens is 1. The molecule has 0 saturated carbocycles. The van der Waals surface area contributed by atoms with Gasteiger partial charge < -0.3 is 5.32 Å². The van der Waals surface area contributed by atoms with E-state index < -0.39 is 0 Å². The van der Waals surface area contributed by atoms with E-state index in [-0.39, 0.29) is 5.41 Å². The third-order valence-electron chi connectivity index (χ3n) is 3.20. The minimum absolute atomic E-state index is 0.242. The fourth-order valence-electron chi connectivity index (χ4n) is 2.57. The molecule has 0 aliphatic carbocycles. The number of rotatable bonds is 2. The molecule has 96 valence electrons. The van der Waals surface area contributed by atoms with Gasteiger partial charge in [-0.25, -0.2) is 0 Å². The molecule has 1 aromatic rings. The van der Waals surface area contributed by atoms with Crippen molar-refractivity contribution in [2.75, 3.05) is 26.2 Å². The summed E-state index contributed by atoms with van der Waals surface area (Å²) >= 11 is 7.80. The first-order chi connectivity index (χ1) is 7.98. The van der Waals surface area contributed by atoms with Gasteiger partial charge in [-0.1, -0.05) is 32.4 Å². The highest BCUT2D eigenvalue weighted by Crippen LogP contribution is 2.41. The van der Waals surface area contributed by atoms with Gasteiger partial charge in [-0.05, 0) is 17.5 Å². The highest BCUT2D eigenvalue weighted by molar-refractivity contribution is 7.16. The molecule has 1 aliphatic heterocycles. The highest BCUT2D eigenvalue weighted by atomic mass is 35.5. The molecule has 17 heavy (non-hydrogen) atoms. The van der Waals surface area contributed by atoms with Gasteiger partial charge >= 0.3 is 0 Å². The second-order valence-electron chi connectivity index (χ2n) is 5.70. The van der Waals surface area contributed by atoms with Gasteiger partial charge in [0.1, 0.15) is 0 Å². The summed E-state index contributed by atoms with van der Waals surface area (Å²) in [7, 11) is 0. The van der Waals surface area contributed by atoms with Crippen molar-refractivity contribution in [3.05, 3.63) is 21.3 Å². The molecule has 1 aromatic heterocycles. The van der Waals surface area contributed by atoms with Crippen LogP contribution < -0.4 is 5.32 Å². The first kappa shape index (κ1) is 13.3. The SMILES string of the molecule is CC(C)(C)[C@H](c1ccc(Cl)s1)N1CCNCC1. The average Bonchev–Trinajstić information content (AvgIpc) is 2.64. The van der Waals surface area contributed by atoms with E-state index in [9.17, 15) is 0 Å². The van der Waals surface area contributed by atoms with Gasteiger partial charge in [0, 0.05) is 37.1 Å². The Labute approximate surface area is 113 Å². The van der Waals surface area contributed by atoms with E-state index in [0.29, 0.717) is 6.04 Å². The average molecular weight is 273 g/mol. The second-order valence-corrected chi connectivity index (χ2v) is 7.44. The molecule has 0 bridgehead atoms. The third kappa shape index (κ3) is 3.22. The zero-order valence-corrected chi connectivity index (χ0v) is 12.4. The lowest BCUT2D eigenvalue weighted by atomic mass is 9.84. The Morgan fingerprint density at radius 1 is 1.29 bits per heavy atom. The van der Waals surface area contributed by atoms with Crippen molar-refractivity contribution in [3.63, 3.8) is 0 Å². The lowest BCUT2D eigenvalue weighted by Gasteiger charge is -2.41. The fourth-order valence-corrected chi connectivity index (χ4v) is 4.01. The molecule has 0 amide bonds. The lowest BCUT2D eigenvalue weighted by Crippen LogP contribution is -2.48. The van der Waals surface area contributed by atoms with Crippen LogP contribution in [0.4, 0.5) is 0 Å². The molecular weight excluding hydrogens is 252 g/mol. The maximum Gasteiger partial charge on any atom is 0.0931 e. The van der Waals surface area contributed by atoms with Crippen LogP contribution >= 0.6 is 22.9 Å². The molecule has 0 aromatic carbocycles. The van der Waals surface area contributed by atoms with E-state index in [2.05, 4.69) is 37.1 Å². The Morgan fingerprint density at radius 2 is 1.94 bits per heavy atom. The molecule has 2 rings (SSSR count). The van der Waals surface area contributed by atoms with E-state index in [0.717, 1.165) is 30.5 Å². The zero-order valence-electron chi connectivity index (χ0n) is 10.8. The third-order valence-corrected chi connectivity index (χ3v) is 4.48. The number of hydrogen-bond donors (Lipinski definition) is 1. The minimum Gasteiger partial charge on any atom is -0.314 e. The smallest absolute Gasteiger partial charge is 0.0931 e. The Kier molecular flexibility index (Phi) is 4.14. The first-order valence-corrected chi connectivity index (χ1v) is 7.38. The summed E-state index contributed by atoms with van der Waals surface area (Å²) in [4.78, 5) is 3.97. The van der Waals surface area contributed by atoms with Gasteiger partial charge in [0.2, 0.25) is 0 Å². The number of piperazine rings is 1. The van der Waals surface area contributed by atoms with Crippen molar-refractivity contribution in [2.45, 2.75) is 26.8 Å². The van der Waals surface area contributed by atoms with E-state index in [1.54, 1.807) is 11.3 Å². The largest absolute Gasteiger partial charge is 0.314 e. The van der Waals surface area contributed by atoms with Crippen LogP contribution in [-0.4, -0.2) is 31.1 Å². The topological polar surface area (TPSA) is 15.3 Å². The van der Waals surface area contributed by atoms with Crippen molar-refractivity contribution in [1.82, 2.24) is 10.2 Å². The predicted molar refractivity (Wildman–Crippen MR) is 76.0 cm³/mol. The Balaban J connectivity index is 2.24. The molecule has 2 heterocycles. The van der Waals surface area contributed by atoms with Crippen molar-refractivity contribution in [1.29, 1.82) is 0 Å². The van der Waals surface area contributed by atoms with E-state index in [1.165, 1.54) is 4.88 Å². The monoisotopic (exact) mass is 272 g/mol. The molecule has 2 nitrogen and oxygen atoms in total. The molecular formula is C13H21ClN2S. The van der Waals surface area contributed by atoms with Crippen LogP contribution in [0.5, 0.6) is 0 Å². The maximum absolute atomic E-state index is 6.08. The molecule has 0 radical (unpaired) electrons. The Bertz CT molecular complexity index is 364. The van der Waals surface area contributed by atoms with Gasteiger partial charge in [0.25, 0.3) is 0 Å². The van der Waals surface area contributed by atoms with Crippen molar-refractivity contribution >= 4 is 22.9 Å². The van der Waals surface area contributed by atoms with Crippen molar-refractivity contribution in [3.8, 4) is 0 Å². The number of nitrogens with one attached hydrogen (secondary N) is 1. The molecule has 1 saturated heterocycles. The number of nitrogens with zero attached hydrogens (tertiary/aromatic N) is 1. The number of hydrogen-bond acceptors (Lipinski definition) is 3. The first-order valence-electron chi connectivity index (χ1n) is 6.18. The van der Waals surface area contributed by atoms with Crippen molar-refractivity contribution in [2.24, 2.45) is 5.41 Å². The van der Waals surface area contributed by atoms with E-state index in [4.69, 9.17) is 11.6 Å². The van der Waals surface area contributed by atoms with E-state index >= 15 is 0 Å². The van der Waals surface area contributed by atoms with E-state index in [1.807, 2.05) is 6.07 Å². The van der Waals surface area contributed by atoms with Crippen LogP contribution in [0.25, 0.3) is 0 Å². The van der Waals surface area contributed by atoms with Gasteiger partial charge in [-0.15, -0.1) is 11.3 Å². The molecule has 0 spiro atoms. The Morgan fingerprint density at radius 3 is 2.41 bits per heavy atom. The van der Waals surface area contributed by atoms with Crippen LogP contribution in [0.3, 0.4) is 0 Å². The predicted octanol–water partition coefficient (Wildman–Crippen LogP) is 3.39. The summed E-state index contributed by atoms with van der Waals surface area (Å²) in [5.41, 5.74) is 0.242. The van der Waals surface area contributed by atoms with Crippen LogP contribution in [0.15, 0.2) is 12.1 Å². The summed E-state index contributed by atoms with van der Waals surface area (Å²) < 4.78 is 0.893. The summed E-state index contributed by atoms with van der Waals surface area (Å²) in [5.74, 6) is 0. The molecule has 1 fully saturated rings. The normalized spacial score (nSPS) is 20.5. The van der Waals surface area contributed by atoms with Gasteiger partial charge in [-0.3, -0.25) is 4.90 Å². The minimum atomic E-state index is 0.242. The van der Waals surface area contributed by atoms with Gasteiger partial charge in [0.15, 0.2) is 0 Å². The Hall–Kier alpha value is -0.0900. The maximum atomic E-state index is 6.08. The summed E-state index contributed by atoms with van der Waals surface area (Å²) in [6, 6.07) is 4.68. The fraction of sp³-hybridized carbons (Fsp3) is 0.692. The van der Waals surface area contributed by atoms with Crippen molar-refractivity contribution < 1.29 is 0 Å². The molecule has 0 unspecified atom stereocenters. The molecule has 4 heteroatoms. The summed E-state index contributed by atoms with van der Waals surface area (Å²) in [5, 5.41) is 3.41. The van der Waals surface area contributed by atoms with Crippen LogP contribution in [-0.2, 0) is 0 Å². The van der Waals surface area contributed by atoms with Crippen LogP contribution in [0, 0.1) is 5.41 Å².